The number of carbonyl (C=O) groups is 1. The minimum Gasteiger partial charge on any atom is -1.00 e. The van der Waals surface area contributed by atoms with E-state index in [1.54, 1.807) is 0 Å². The molecule has 0 radical (unpaired) electrons. The first-order valence-electron chi connectivity index (χ1n) is 4.73. The van der Waals surface area contributed by atoms with E-state index in [4.69, 9.17) is 5.11 Å². The van der Waals surface area contributed by atoms with Crippen LogP contribution in [0.5, 0.6) is 0 Å². The Labute approximate surface area is 95.7 Å². The average Bonchev–Trinajstić information content (AvgIpc) is 2.19. The molecule has 0 saturated heterocycles. The Morgan fingerprint density at radius 2 is 1.93 bits per heavy atom. The number of quaternary nitrogens is 1. The predicted molar refractivity (Wildman–Crippen MR) is 53.7 cm³/mol. The highest BCUT2D eigenvalue weighted by Crippen LogP contribution is 2.23. The molecule has 15 heavy (non-hydrogen) atoms. The summed E-state index contributed by atoms with van der Waals surface area (Å²) in [6.07, 6.45) is 0. The Bertz CT molecular complexity index is 303. The summed E-state index contributed by atoms with van der Waals surface area (Å²) in [5.41, 5.74) is 4.61. The van der Waals surface area contributed by atoms with Gasteiger partial charge in [-0.2, -0.15) is 0 Å². The Kier molecular flexibility index (Phi) is 5.97. The minimum atomic E-state index is -0.771. The molecule has 0 aliphatic carbocycles. The zero-order valence-electron chi connectivity index (χ0n) is 8.69. The van der Waals surface area contributed by atoms with Gasteiger partial charge >= 0.3 is 5.97 Å². The number of halogens is 1. The van der Waals surface area contributed by atoms with Gasteiger partial charge in [-0.1, -0.05) is 37.3 Å². The van der Waals surface area contributed by atoms with Gasteiger partial charge in [0.2, 0.25) is 0 Å². The topological polar surface area (TPSA) is 64.9 Å². The van der Waals surface area contributed by atoms with Crippen molar-refractivity contribution in [2.75, 3.05) is 6.54 Å². The quantitative estimate of drug-likeness (QED) is 0.612. The van der Waals surface area contributed by atoms with Crippen LogP contribution in [0.15, 0.2) is 30.3 Å². The summed E-state index contributed by atoms with van der Waals surface area (Å²) >= 11 is 0. The van der Waals surface area contributed by atoms with Crippen molar-refractivity contribution in [1.29, 1.82) is 0 Å². The summed E-state index contributed by atoms with van der Waals surface area (Å²) in [4.78, 5) is 11.1. The van der Waals surface area contributed by atoms with Crippen LogP contribution >= 0.6 is 0 Å². The highest BCUT2D eigenvalue weighted by molar-refractivity contribution is 5.76. The molecule has 3 nitrogen and oxygen atoms in total. The first kappa shape index (κ1) is 13.9. The van der Waals surface area contributed by atoms with Gasteiger partial charge in [0, 0.05) is 5.92 Å². The molecular weight excluding hydrogens is 214 g/mol. The highest BCUT2D eigenvalue weighted by atomic mass is 35.5. The Morgan fingerprint density at radius 1 is 1.40 bits per heavy atom. The minimum absolute atomic E-state index is 0. The van der Waals surface area contributed by atoms with Crippen LogP contribution in [-0.2, 0) is 4.79 Å². The van der Waals surface area contributed by atoms with Gasteiger partial charge in [-0.05, 0) is 5.56 Å². The molecular formula is C11H16ClNO2. The van der Waals surface area contributed by atoms with E-state index in [9.17, 15) is 4.79 Å². The lowest BCUT2D eigenvalue weighted by atomic mass is 9.87. The fourth-order valence-corrected chi connectivity index (χ4v) is 1.54. The van der Waals surface area contributed by atoms with Crippen molar-refractivity contribution >= 4 is 5.97 Å². The van der Waals surface area contributed by atoms with Crippen LogP contribution < -0.4 is 18.1 Å². The second kappa shape index (κ2) is 6.43. The third kappa shape index (κ3) is 3.53. The molecule has 0 saturated carbocycles. The fraction of sp³-hybridized carbons (Fsp3) is 0.364. The van der Waals surface area contributed by atoms with Crippen molar-refractivity contribution in [1.82, 2.24) is 0 Å². The van der Waals surface area contributed by atoms with Crippen LogP contribution in [0.25, 0.3) is 0 Å². The van der Waals surface area contributed by atoms with E-state index >= 15 is 0 Å². The molecule has 0 bridgehead atoms. The molecule has 4 N–H and O–H groups in total. The Hall–Kier alpha value is -1.06. The number of carboxylic acids is 1. The van der Waals surface area contributed by atoms with Gasteiger partial charge in [-0.3, -0.25) is 4.79 Å². The van der Waals surface area contributed by atoms with E-state index in [1.165, 1.54) is 0 Å². The molecule has 0 heterocycles. The molecule has 2 unspecified atom stereocenters. The summed E-state index contributed by atoms with van der Waals surface area (Å²) in [6, 6.07) is 9.31. The molecule has 2 atom stereocenters. The summed E-state index contributed by atoms with van der Waals surface area (Å²) in [5, 5.41) is 9.10. The van der Waals surface area contributed by atoms with Gasteiger partial charge in [0.05, 0.1) is 12.5 Å². The van der Waals surface area contributed by atoms with Crippen molar-refractivity contribution in [3.05, 3.63) is 35.9 Å². The maximum atomic E-state index is 11.1. The number of rotatable bonds is 4. The molecule has 1 aromatic carbocycles. The predicted octanol–water partition coefficient (Wildman–Crippen LogP) is -2.26. The largest absolute Gasteiger partial charge is 1.00 e. The molecule has 0 spiro atoms. The zero-order chi connectivity index (χ0) is 10.6. The second-order valence-electron chi connectivity index (χ2n) is 3.49. The standard InChI is InChI=1S/C11H15NO2.ClH/c1-8(7-12)10(11(13)14)9-5-3-2-4-6-9;/h2-6,8,10H,7,12H2,1H3,(H,13,14);1H. The molecule has 0 fully saturated rings. The SMILES string of the molecule is CC(C[NH3+])C(C(=O)O)c1ccccc1.[Cl-]. The van der Waals surface area contributed by atoms with Gasteiger partial charge in [-0.25, -0.2) is 0 Å². The van der Waals surface area contributed by atoms with E-state index in [-0.39, 0.29) is 18.3 Å². The lowest BCUT2D eigenvalue weighted by molar-refractivity contribution is -0.378. The summed E-state index contributed by atoms with van der Waals surface area (Å²) in [5.74, 6) is -1.14. The first-order chi connectivity index (χ1) is 6.66. The van der Waals surface area contributed by atoms with E-state index in [1.807, 2.05) is 37.3 Å². The van der Waals surface area contributed by atoms with Crippen LogP contribution in [0, 0.1) is 5.92 Å². The van der Waals surface area contributed by atoms with Crippen LogP contribution in [0.3, 0.4) is 0 Å². The van der Waals surface area contributed by atoms with E-state index in [0.29, 0.717) is 6.54 Å². The first-order valence-corrected chi connectivity index (χ1v) is 4.73. The van der Waals surface area contributed by atoms with Gasteiger partial charge in [0.1, 0.15) is 0 Å². The normalized spacial score (nSPS) is 13.7. The van der Waals surface area contributed by atoms with Crippen LogP contribution in [0.4, 0.5) is 0 Å². The second-order valence-corrected chi connectivity index (χ2v) is 3.49. The number of benzene rings is 1. The lowest BCUT2D eigenvalue weighted by Gasteiger charge is -2.17. The highest BCUT2D eigenvalue weighted by Gasteiger charge is 2.26. The summed E-state index contributed by atoms with van der Waals surface area (Å²) < 4.78 is 0. The molecule has 4 heteroatoms. The van der Waals surface area contributed by atoms with Crippen molar-refractivity contribution < 1.29 is 28.0 Å². The van der Waals surface area contributed by atoms with Crippen molar-refractivity contribution in [2.45, 2.75) is 12.8 Å². The molecule has 0 amide bonds. The molecule has 0 aliphatic rings. The molecule has 1 aromatic rings. The Balaban J connectivity index is 0.00000196. The molecule has 0 aromatic heterocycles. The lowest BCUT2D eigenvalue weighted by Crippen LogP contribution is -3.00. The van der Waals surface area contributed by atoms with Gasteiger partial charge in [-0.15, -0.1) is 0 Å². The van der Waals surface area contributed by atoms with Crippen molar-refractivity contribution in [3.63, 3.8) is 0 Å². The smallest absolute Gasteiger partial charge is 0.311 e. The van der Waals surface area contributed by atoms with E-state index in [2.05, 4.69) is 5.73 Å². The maximum absolute atomic E-state index is 11.1. The summed E-state index contributed by atoms with van der Waals surface area (Å²) in [7, 11) is 0. The monoisotopic (exact) mass is 229 g/mol. The number of aliphatic carboxylic acids is 1. The molecule has 1 rings (SSSR count). The summed E-state index contributed by atoms with van der Waals surface area (Å²) in [6.45, 7) is 2.55. The van der Waals surface area contributed by atoms with Gasteiger partial charge in [0.15, 0.2) is 0 Å². The number of carboxylic acid groups (broad SMARTS) is 1. The maximum Gasteiger partial charge on any atom is 0.311 e. The average molecular weight is 230 g/mol. The Morgan fingerprint density at radius 3 is 2.33 bits per heavy atom. The van der Waals surface area contributed by atoms with Crippen LogP contribution in [-0.4, -0.2) is 17.6 Å². The van der Waals surface area contributed by atoms with Gasteiger partial charge in [0.25, 0.3) is 0 Å². The van der Waals surface area contributed by atoms with Crippen LogP contribution in [0.2, 0.25) is 0 Å². The van der Waals surface area contributed by atoms with E-state index < -0.39 is 11.9 Å². The molecule has 84 valence electrons. The molecule has 0 aliphatic heterocycles. The van der Waals surface area contributed by atoms with Crippen molar-refractivity contribution in [3.8, 4) is 0 Å². The van der Waals surface area contributed by atoms with Crippen LogP contribution in [0.1, 0.15) is 18.4 Å². The van der Waals surface area contributed by atoms with E-state index in [0.717, 1.165) is 5.56 Å². The van der Waals surface area contributed by atoms with Crippen molar-refractivity contribution in [2.24, 2.45) is 5.92 Å². The number of hydrogen-bond donors (Lipinski definition) is 2. The third-order valence-electron chi connectivity index (χ3n) is 2.45. The fourth-order valence-electron chi connectivity index (χ4n) is 1.54. The third-order valence-corrected chi connectivity index (χ3v) is 2.45. The van der Waals surface area contributed by atoms with Gasteiger partial charge < -0.3 is 23.2 Å². The zero-order valence-corrected chi connectivity index (χ0v) is 9.45. The number of hydrogen-bond acceptors (Lipinski definition) is 1.